The first-order valence-corrected chi connectivity index (χ1v) is 20.4. The van der Waals surface area contributed by atoms with Gasteiger partial charge in [-0.3, -0.25) is 14.3 Å². The molecule has 10 nitrogen and oxygen atoms in total. The van der Waals surface area contributed by atoms with Crippen LogP contribution < -0.4 is 15.0 Å². The molecule has 1 spiro atoms. The largest absolute Gasteiger partial charge is 0.497 e. The van der Waals surface area contributed by atoms with Crippen LogP contribution in [0.3, 0.4) is 0 Å². The summed E-state index contributed by atoms with van der Waals surface area (Å²) in [6.45, 7) is 5.97. The maximum Gasteiger partial charge on any atom is 0.264 e. The van der Waals surface area contributed by atoms with Crippen LogP contribution in [0.5, 0.6) is 5.75 Å². The minimum absolute atomic E-state index is 0.210. The monoisotopic (exact) mass is 719 g/mol. The van der Waals surface area contributed by atoms with E-state index in [9.17, 15) is 14.7 Å². The van der Waals surface area contributed by atoms with Gasteiger partial charge in [-0.05, 0) is 73.1 Å². The molecule has 2 amide bonds. The highest BCUT2D eigenvalue weighted by molar-refractivity contribution is 6.72. The number of aromatic nitrogens is 3. The number of halogens is 1. The molecule has 52 heavy (non-hydrogen) atoms. The van der Waals surface area contributed by atoms with Crippen molar-refractivity contribution in [3.8, 4) is 5.75 Å². The molecule has 7 rings (SSSR count). The third-order valence-corrected chi connectivity index (χ3v) is 12.8. The lowest BCUT2D eigenvalue weighted by atomic mass is 9.82. The molecule has 4 aromatic carbocycles. The Bertz CT molecular complexity index is 2050. The van der Waals surface area contributed by atoms with Gasteiger partial charge in [-0.2, -0.15) is 0 Å². The molecule has 12 heteroatoms. The molecule has 5 aromatic rings. The molecule has 1 aromatic heterocycles. The number of carbonyl (C=O) groups excluding carboxylic acids is 2. The van der Waals surface area contributed by atoms with Gasteiger partial charge >= 0.3 is 0 Å². The van der Waals surface area contributed by atoms with E-state index in [4.69, 9.17) is 9.47 Å². The second kappa shape index (κ2) is 14.1. The Kier molecular flexibility index (Phi) is 9.55. The van der Waals surface area contributed by atoms with E-state index in [1.165, 1.54) is 0 Å². The number of fused-ring (bicyclic) bond motifs is 2. The van der Waals surface area contributed by atoms with Crippen LogP contribution in [0.4, 0.5) is 15.5 Å². The molecule has 268 valence electrons. The molecule has 2 aliphatic heterocycles. The van der Waals surface area contributed by atoms with Gasteiger partial charge in [-0.25, -0.2) is 0 Å². The van der Waals surface area contributed by atoms with Gasteiger partial charge in [0.1, 0.15) is 17.5 Å². The summed E-state index contributed by atoms with van der Waals surface area (Å²) in [7, 11) is -1.78. The Labute approximate surface area is 303 Å². The summed E-state index contributed by atoms with van der Waals surface area (Å²) < 4.78 is 30.0. The number of para-hydroxylation sites is 1. The molecule has 2 N–H and O–H groups in total. The van der Waals surface area contributed by atoms with Crippen LogP contribution in [0, 0.1) is 5.92 Å². The fourth-order valence-electron chi connectivity index (χ4n) is 7.86. The smallest absolute Gasteiger partial charge is 0.264 e. The zero-order valence-corrected chi connectivity index (χ0v) is 30.6. The number of rotatable bonds is 11. The van der Waals surface area contributed by atoms with E-state index < -0.39 is 37.7 Å². The summed E-state index contributed by atoms with van der Waals surface area (Å²) >= 11 is 0. The number of carbonyl (C=O) groups is 2. The fourth-order valence-corrected chi connectivity index (χ4v) is 10.4. The predicted molar refractivity (Wildman–Crippen MR) is 198 cm³/mol. The highest BCUT2D eigenvalue weighted by Gasteiger charge is 2.66. The molecule has 2 aliphatic rings. The number of methoxy groups -OCH3 is 1. The van der Waals surface area contributed by atoms with E-state index >= 15 is 4.11 Å². The molecular formula is C40H42FN5O5Si. The summed E-state index contributed by atoms with van der Waals surface area (Å²) in [5.41, 5.74) is 2.80. The van der Waals surface area contributed by atoms with E-state index in [2.05, 4.69) is 15.6 Å². The maximum atomic E-state index is 16.3. The molecule has 5 atom stereocenters. The van der Waals surface area contributed by atoms with Crippen LogP contribution in [0.1, 0.15) is 52.2 Å². The first kappa shape index (κ1) is 35.2. The number of hydrogen-bond acceptors (Lipinski definition) is 7. The van der Waals surface area contributed by atoms with Crippen molar-refractivity contribution < 1.29 is 28.3 Å². The van der Waals surface area contributed by atoms with Gasteiger partial charge in [0.05, 0.1) is 31.6 Å². The second-order valence-electron chi connectivity index (χ2n) is 14.1. The summed E-state index contributed by atoms with van der Waals surface area (Å²) in [6.07, 6.45) is 0.657. The van der Waals surface area contributed by atoms with Crippen molar-refractivity contribution in [1.82, 2.24) is 15.0 Å². The normalized spacial score (nSPS) is 21.7. The number of aryl methyl sites for hydroxylation is 1. The van der Waals surface area contributed by atoms with Crippen molar-refractivity contribution in [2.75, 3.05) is 17.3 Å². The maximum absolute atomic E-state index is 16.3. The van der Waals surface area contributed by atoms with Crippen LogP contribution in [0.25, 0.3) is 0 Å². The quantitative estimate of drug-likeness (QED) is 0.111. The highest BCUT2D eigenvalue weighted by Crippen LogP contribution is 2.60. The van der Waals surface area contributed by atoms with Crippen molar-refractivity contribution >= 4 is 31.6 Å². The topological polar surface area (TPSA) is 119 Å². The summed E-state index contributed by atoms with van der Waals surface area (Å²) in [5.74, 6) is -0.213. The van der Waals surface area contributed by atoms with Gasteiger partial charge < -0.3 is 28.9 Å². The lowest BCUT2D eigenvalue weighted by Crippen LogP contribution is -2.45. The number of anilines is 2. The Hall–Kier alpha value is -5.17. The van der Waals surface area contributed by atoms with E-state index in [1.807, 2.05) is 85.8 Å². The fraction of sp³-hybridized carbons (Fsp3) is 0.300. The number of aliphatic hydroxyl groups is 1. The van der Waals surface area contributed by atoms with Gasteiger partial charge in [-0.15, -0.1) is 5.10 Å². The average Bonchev–Trinajstić information content (AvgIpc) is 3.82. The predicted octanol–water partition coefficient (Wildman–Crippen LogP) is 7.03. The number of benzene rings is 4. The third-order valence-electron chi connectivity index (χ3n) is 10.4. The lowest BCUT2D eigenvalue weighted by Gasteiger charge is -2.31. The van der Waals surface area contributed by atoms with Crippen molar-refractivity contribution in [2.24, 2.45) is 5.92 Å². The Morgan fingerprint density at radius 1 is 1.02 bits per heavy atom. The van der Waals surface area contributed by atoms with Gasteiger partial charge in [0, 0.05) is 34.8 Å². The Morgan fingerprint density at radius 2 is 1.71 bits per heavy atom. The average molecular weight is 720 g/mol. The molecule has 0 bridgehead atoms. The number of nitrogens with zero attached hydrogens (tertiary/aromatic N) is 4. The van der Waals surface area contributed by atoms with E-state index in [1.54, 1.807) is 60.2 Å². The molecular weight excluding hydrogens is 678 g/mol. The first-order chi connectivity index (χ1) is 25.0. The lowest BCUT2D eigenvalue weighted by molar-refractivity contribution is -0.146. The number of hydrogen-bond donors (Lipinski definition) is 2. The zero-order valence-electron chi connectivity index (χ0n) is 29.6. The summed E-state index contributed by atoms with van der Waals surface area (Å²) in [6, 6.07) is 31.1. The van der Waals surface area contributed by atoms with E-state index in [-0.39, 0.29) is 18.4 Å². The standard InChI is InChI=1S/C40H42FN5O5Si/c1-26-37(52(3,4)41)35(22-23-45-25-33(43-44-45)36(47)28-10-6-5-7-11-28)51-40(26)32-12-8-9-13-34(32)46(39(40)49)24-27-14-18-30(19-15-27)42-38(48)29-16-20-31(50-2)21-17-29/h5-21,25-26,35-37,47H,22-24H2,1-4H3,(H,42,48)/t26-,35+,36-,37-,40+/m1/s1. The van der Waals surface area contributed by atoms with Crippen molar-refractivity contribution in [2.45, 2.75) is 62.9 Å². The van der Waals surface area contributed by atoms with E-state index in [0.29, 0.717) is 41.2 Å². The van der Waals surface area contributed by atoms with Gasteiger partial charge in [-0.1, -0.05) is 72.8 Å². The van der Waals surface area contributed by atoms with E-state index in [0.717, 1.165) is 16.8 Å². The Morgan fingerprint density at radius 3 is 2.40 bits per heavy atom. The zero-order chi connectivity index (χ0) is 36.6. The number of nitrogens with one attached hydrogen (secondary N) is 1. The van der Waals surface area contributed by atoms with Gasteiger partial charge in [0.2, 0.25) is 8.41 Å². The van der Waals surface area contributed by atoms with Crippen LogP contribution in [-0.2, 0) is 28.2 Å². The highest BCUT2D eigenvalue weighted by atomic mass is 28.4. The number of aliphatic hydroxyl groups excluding tert-OH is 1. The van der Waals surface area contributed by atoms with Crippen LogP contribution in [-0.4, -0.2) is 53.5 Å². The third kappa shape index (κ3) is 6.53. The molecule has 1 fully saturated rings. The van der Waals surface area contributed by atoms with Crippen LogP contribution in [0.15, 0.2) is 109 Å². The minimum atomic E-state index is -3.36. The second-order valence-corrected chi connectivity index (χ2v) is 17.9. The van der Waals surface area contributed by atoms with Crippen molar-refractivity contribution in [3.63, 3.8) is 0 Å². The minimum Gasteiger partial charge on any atom is -0.497 e. The first-order valence-electron chi connectivity index (χ1n) is 17.4. The van der Waals surface area contributed by atoms with Crippen LogP contribution >= 0.6 is 0 Å². The number of ether oxygens (including phenoxy) is 2. The van der Waals surface area contributed by atoms with Crippen molar-refractivity contribution in [1.29, 1.82) is 0 Å². The van der Waals surface area contributed by atoms with Crippen LogP contribution in [0.2, 0.25) is 18.6 Å². The van der Waals surface area contributed by atoms with Crippen molar-refractivity contribution in [3.05, 3.63) is 137 Å². The molecule has 0 unspecified atom stereocenters. The van der Waals surface area contributed by atoms with Gasteiger partial charge in [0.15, 0.2) is 5.60 Å². The summed E-state index contributed by atoms with van der Waals surface area (Å²) in [5, 5.41) is 22.2. The summed E-state index contributed by atoms with van der Waals surface area (Å²) in [4.78, 5) is 29.2. The molecule has 0 radical (unpaired) electrons. The molecule has 3 heterocycles. The molecule has 1 saturated heterocycles. The SMILES string of the molecule is COc1ccc(C(=O)Nc2ccc(CN3C(=O)[C@@]4(O[C@@H](CCn5cc([C@H](O)c6ccccc6)nn5)[C@H]([Si](C)(C)F)[C@H]4C)c4ccccc43)cc2)cc1. The molecule has 0 aliphatic carbocycles. The van der Waals surface area contributed by atoms with Gasteiger partial charge in [0.25, 0.3) is 11.8 Å². The molecule has 0 saturated carbocycles. The Balaban J connectivity index is 1.09. The number of amides is 2.